The molecule has 0 aromatic carbocycles. The Bertz CT molecular complexity index is 195. The summed E-state index contributed by atoms with van der Waals surface area (Å²) in [5.74, 6) is 1.06. The van der Waals surface area contributed by atoms with Crippen molar-refractivity contribution < 1.29 is 4.52 Å². The van der Waals surface area contributed by atoms with Gasteiger partial charge in [0.25, 0.3) is 0 Å². The molecule has 0 saturated carbocycles. The van der Waals surface area contributed by atoms with Gasteiger partial charge in [-0.05, 0) is 32.6 Å². The summed E-state index contributed by atoms with van der Waals surface area (Å²) >= 11 is 7.12. The molecule has 1 aliphatic rings. The topological polar surface area (TPSA) is 21.3 Å². The molecule has 0 aliphatic carbocycles. The van der Waals surface area contributed by atoms with E-state index in [1.54, 1.807) is 11.4 Å². The number of nitrogens with one attached hydrogen (secondary N) is 1. The SMILES string of the molecule is CCOP1(=S)NC(C)(C)CS1. The lowest BCUT2D eigenvalue weighted by Gasteiger charge is -2.20. The molecule has 1 saturated heterocycles. The zero-order valence-corrected chi connectivity index (χ0v) is 9.61. The van der Waals surface area contributed by atoms with Crippen LogP contribution in [0, 0.1) is 0 Å². The minimum absolute atomic E-state index is 0.162. The summed E-state index contributed by atoms with van der Waals surface area (Å²) in [5, 5.41) is 3.37. The molecule has 0 bridgehead atoms. The maximum atomic E-state index is 5.50. The highest BCUT2D eigenvalue weighted by Crippen LogP contribution is 2.62. The molecule has 1 fully saturated rings. The fourth-order valence-electron chi connectivity index (χ4n) is 0.921. The van der Waals surface area contributed by atoms with Crippen molar-refractivity contribution in [1.82, 2.24) is 5.09 Å². The van der Waals surface area contributed by atoms with E-state index in [0.717, 1.165) is 5.75 Å². The highest BCUT2D eigenvalue weighted by molar-refractivity contribution is 8.69. The standard InChI is InChI=1S/C6H14NOPS2/c1-4-8-9(10)7-6(2,3)5-11-9/h4-5H2,1-3H3,(H,7,10). The second kappa shape index (κ2) is 3.35. The Morgan fingerprint density at radius 2 is 2.36 bits per heavy atom. The largest absolute Gasteiger partial charge is 0.331 e. The predicted octanol–water partition coefficient (Wildman–Crippen LogP) is 2.36. The zero-order valence-electron chi connectivity index (χ0n) is 7.09. The summed E-state index contributed by atoms with van der Waals surface area (Å²) in [5.41, 5.74) is -1.53. The highest BCUT2D eigenvalue weighted by atomic mass is 32.9. The highest BCUT2D eigenvalue weighted by Gasteiger charge is 2.36. The van der Waals surface area contributed by atoms with Crippen molar-refractivity contribution in [3.63, 3.8) is 0 Å². The van der Waals surface area contributed by atoms with Crippen molar-refractivity contribution in [2.45, 2.75) is 26.3 Å². The van der Waals surface area contributed by atoms with Crippen LogP contribution in [0.5, 0.6) is 0 Å². The van der Waals surface area contributed by atoms with Crippen LogP contribution in [-0.2, 0) is 16.3 Å². The second-order valence-electron chi connectivity index (χ2n) is 3.18. The quantitative estimate of drug-likeness (QED) is 0.707. The van der Waals surface area contributed by atoms with E-state index in [4.69, 9.17) is 16.3 Å². The van der Waals surface area contributed by atoms with Crippen molar-refractivity contribution >= 4 is 28.8 Å². The van der Waals surface area contributed by atoms with Gasteiger partial charge < -0.3 is 4.52 Å². The molecule has 1 rings (SSSR count). The molecular weight excluding hydrogens is 197 g/mol. The third-order valence-corrected chi connectivity index (χ3v) is 7.54. The molecule has 1 atom stereocenters. The Balaban J connectivity index is 2.58. The van der Waals surface area contributed by atoms with Crippen molar-refractivity contribution in [1.29, 1.82) is 0 Å². The van der Waals surface area contributed by atoms with E-state index in [9.17, 15) is 0 Å². The molecule has 1 unspecified atom stereocenters. The van der Waals surface area contributed by atoms with Crippen LogP contribution in [0.4, 0.5) is 0 Å². The van der Waals surface area contributed by atoms with Gasteiger partial charge in [-0.25, -0.2) is 0 Å². The van der Waals surface area contributed by atoms with Crippen LogP contribution < -0.4 is 5.09 Å². The first-order valence-electron chi connectivity index (χ1n) is 3.66. The number of rotatable bonds is 2. The molecule has 0 spiro atoms. The van der Waals surface area contributed by atoms with E-state index in [1.807, 2.05) is 6.92 Å². The Kier molecular flexibility index (Phi) is 3.04. The van der Waals surface area contributed by atoms with E-state index >= 15 is 0 Å². The molecule has 1 N–H and O–H groups in total. The molecule has 5 heteroatoms. The second-order valence-corrected chi connectivity index (χ2v) is 9.76. The number of hydrogen-bond acceptors (Lipinski definition) is 3. The van der Waals surface area contributed by atoms with Crippen molar-refractivity contribution in [3.8, 4) is 0 Å². The van der Waals surface area contributed by atoms with Gasteiger partial charge >= 0.3 is 0 Å². The Morgan fingerprint density at radius 3 is 2.73 bits per heavy atom. The summed E-state index contributed by atoms with van der Waals surface area (Å²) in [6, 6.07) is 0. The monoisotopic (exact) mass is 211 g/mol. The minimum Gasteiger partial charge on any atom is -0.331 e. The molecule has 0 amide bonds. The van der Waals surface area contributed by atoms with Gasteiger partial charge in [-0.15, -0.1) is 0 Å². The van der Waals surface area contributed by atoms with Gasteiger partial charge in [0.1, 0.15) is 0 Å². The first-order chi connectivity index (χ1) is 4.97. The van der Waals surface area contributed by atoms with Gasteiger partial charge in [0, 0.05) is 11.3 Å². The molecule has 66 valence electrons. The maximum absolute atomic E-state index is 5.50. The fraction of sp³-hybridized carbons (Fsp3) is 1.00. The van der Waals surface area contributed by atoms with Crippen molar-refractivity contribution in [2.75, 3.05) is 12.4 Å². The van der Waals surface area contributed by atoms with E-state index in [0.29, 0.717) is 6.61 Å². The molecular formula is C6H14NOPS2. The van der Waals surface area contributed by atoms with Crippen LogP contribution in [0.15, 0.2) is 0 Å². The minimum atomic E-state index is -1.69. The lowest BCUT2D eigenvalue weighted by Crippen LogP contribution is -2.33. The summed E-state index contributed by atoms with van der Waals surface area (Å²) in [4.78, 5) is 0. The lowest BCUT2D eigenvalue weighted by atomic mass is 10.1. The molecule has 0 radical (unpaired) electrons. The normalized spacial score (nSPS) is 35.9. The summed E-state index contributed by atoms with van der Waals surface area (Å²) in [6.07, 6.45) is 0. The average molecular weight is 211 g/mol. The van der Waals surface area contributed by atoms with Gasteiger partial charge in [0.2, 0.25) is 0 Å². The zero-order chi connectivity index (χ0) is 8.54. The van der Waals surface area contributed by atoms with E-state index < -0.39 is 5.62 Å². The predicted molar refractivity (Wildman–Crippen MR) is 55.6 cm³/mol. The van der Waals surface area contributed by atoms with Crippen LogP contribution in [0.25, 0.3) is 0 Å². The Hall–Kier alpha value is 0.920. The third-order valence-electron chi connectivity index (χ3n) is 1.33. The van der Waals surface area contributed by atoms with E-state index in [2.05, 4.69) is 18.9 Å². The van der Waals surface area contributed by atoms with Crippen LogP contribution in [-0.4, -0.2) is 17.9 Å². The fourth-order valence-corrected chi connectivity index (χ4v) is 7.44. The average Bonchev–Trinajstić information content (AvgIpc) is 2.07. The molecule has 2 nitrogen and oxygen atoms in total. The third kappa shape index (κ3) is 2.71. The molecule has 1 heterocycles. The summed E-state index contributed by atoms with van der Waals surface area (Å²) in [6.45, 7) is 7.02. The van der Waals surface area contributed by atoms with Gasteiger partial charge in [0.05, 0.1) is 6.61 Å². The van der Waals surface area contributed by atoms with Crippen molar-refractivity contribution in [2.24, 2.45) is 0 Å². The Labute approximate surface area is 77.4 Å². The van der Waals surface area contributed by atoms with Gasteiger partial charge in [-0.1, -0.05) is 11.4 Å². The van der Waals surface area contributed by atoms with Crippen molar-refractivity contribution in [3.05, 3.63) is 0 Å². The molecule has 0 aromatic rings. The summed E-state index contributed by atoms with van der Waals surface area (Å²) in [7, 11) is 0. The first-order valence-corrected chi connectivity index (χ1v) is 7.97. The maximum Gasteiger partial charge on any atom is 0.186 e. The first kappa shape index (κ1) is 10.0. The Morgan fingerprint density at radius 1 is 1.73 bits per heavy atom. The van der Waals surface area contributed by atoms with E-state index in [-0.39, 0.29) is 5.54 Å². The van der Waals surface area contributed by atoms with E-state index in [1.165, 1.54) is 0 Å². The molecule has 1 aliphatic heterocycles. The lowest BCUT2D eigenvalue weighted by molar-refractivity contribution is 0.371. The molecule has 0 aromatic heterocycles. The van der Waals surface area contributed by atoms with Crippen LogP contribution in [0.1, 0.15) is 20.8 Å². The van der Waals surface area contributed by atoms with Crippen LogP contribution in [0.3, 0.4) is 0 Å². The summed E-state index contributed by atoms with van der Waals surface area (Å²) < 4.78 is 5.50. The van der Waals surface area contributed by atoms with Gasteiger partial charge in [-0.3, -0.25) is 5.09 Å². The number of hydrogen-bond donors (Lipinski definition) is 1. The molecule has 11 heavy (non-hydrogen) atoms. The van der Waals surface area contributed by atoms with Crippen LogP contribution in [0.2, 0.25) is 0 Å². The van der Waals surface area contributed by atoms with Crippen LogP contribution >= 0.6 is 17.0 Å². The van der Waals surface area contributed by atoms with Gasteiger partial charge in [0.15, 0.2) is 5.62 Å². The smallest absolute Gasteiger partial charge is 0.186 e. The van der Waals surface area contributed by atoms with Gasteiger partial charge in [-0.2, -0.15) is 0 Å².